The molecule has 0 saturated carbocycles. The number of rotatable bonds is 4. The molecule has 0 aliphatic carbocycles. The van der Waals surface area contributed by atoms with Gasteiger partial charge in [-0.2, -0.15) is 0 Å². The van der Waals surface area contributed by atoms with Gasteiger partial charge in [-0.1, -0.05) is 11.6 Å². The molecule has 98 valence electrons. The van der Waals surface area contributed by atoms with E-state index in [0.29, 0.717) is 5.82 Å². The second kappa shape index (κ2) is 5.53. The lowest BCUT2D eigenvalue weighted by Crippen LogP contribution is -1.96. The quantitative estimate of drug-likeness (QED) is 0.527. The summed E-state index contributed by atoms with van der Waals surface area (Å²) in [5.74, 6) is 1.03. The molecule has 6 nitrogen and oxygen atoms in total. The van der Waals surface area contributed by atoms with Crippen LogP contribution in [-0.4, -0.2) is 17.0 Å². The first-order chi connectivity index (χ1) is 9.08. The van der Waals surface area contributed by atoms with E-state index in [4.69, 9.17) is 16.3 Å². The maximum absolute atomic E-state index is 10.7. The highest BCUT2D eigenvalue weighted by atomic mass is 35.5. The summed E-state index contributed by atoms with van der Waals surface area (Å²) in [6.45, 7) is 0. The molecule has 1 aromatic carbocycles. The van der Waals surface area contributed by atoms with Crippen molar-refractivity contribution in [2.24, 2.45) is 0 Å². The average Bonchev–Trinajstić information content (AvgIpc) is 2.39. The van der Waals surface area contributed by atoms with Crippen molar-refractivity contribution in [2.45, 2.75) is 0 Å². The number of ether oxygens (including phenoxy) is 1. The summed E-state index contributed by atoms with van der Waals surface area (Å²) in [6.07, 6.45) is 0. The van der Waals surface area contributed by atoms with Crippen molar-refractivity contribution in [3.63, 3.8) is 0 Å². The fraction of sp³-hybridized carbons (Fsp3) is 0.0833. The van der Waals surface area contributed by atoms with Gasteiger partial charge in [0.2, 0.25) is 0 Å². The Morgan fingerprint density at radius 3 is 2.58 bits per heavy atom. The van der Waals surface area contributed by atoms with E-state index < -0.39 is 4.92 Å². The topological polar surface area (TPSA) is 77.3 Å². The van der Waals surface area contributed by atoms with Crippen LogP contribution in [0.25, 0.3) is 0 Å². The van der Waals surface area contributed by atoms with Gasteiger partial charge in [0.25, 0.3) is 5.69 Å². The Morgan fingerprint density at radius 2 is 2.00 bits per heavy atom. The average molecular weight is 280 g/mol. The molecular weight excluding hydrogens is 270 g/mol. The minimum Gasteiger partial charge on any atom is -0.497 e. The summed E-state index contributed by atoms with van der Waals surface area (Å²) in [4.78, 5) is 14.2. The van der Waals surface area contributed by atoms with E-state index in [2.05, 4.69) is 10.3 Å². The molecule has 0 amide bonds. The number of nitrogens with one attached hydrogen (secondary N) is 1. The van der Waals surface area contributed by atoms with Gasteiger partial charge in [0.1, 0.15) is 16.7 Å². The maximum atomic E-state index is 10.7. The van der Waals surface area contributed by atoms with Crippen LogP contribution in [0.2, 0.25) is 5.15 Å². The van der Waals surface area contributed by atoms with Gasteiger partial charge in [0.05, 0.1) is 24.2 Å². The van der Waals surface area contributed by atoms with Crippen LogP contribution in [0.15, 0.2) is 36.4 Å². The number of pyridine rings is 1. The Balaban J connectivity index is 2.24. The zero-order valence-electron chi connectivity index (χ0n) is 9.96. The molecule has 0 bridgehead atoms. The lowest BCUT2D eigenvalue weighted by atomic mass is 10.3. The van der Waals surface area contributed by atoms with Crippen LogP contribution in [0.1, 0.15) is 0 Å². The van der Waals surface area contributed by atoms with Crippen LogP contribution in [0.5, 0.6) is 5.75 Å². The normalized spacial score (nSPS) is 10.0. The SMILES string of the molecule is COc1ccc(Nc2cc([N+](=O)[O-])cc(Cl)n2)cc1. The monoisotopic (exact) mass is 279 g/mol. The number of hydrogen-bond acceptors (Lipinski definition) is 5. The third kappa shape index (κ3) is 3.32. The number of hydrogen-bond donors (Lipinski definition) is 1. The van der Waals surface area contributed by atoms with Gasteiger partial charge in [-0.3, -0.25) is 10.1 Å². The van der Waals surface area contributed by atoms with Crippen LogP contribution in [-0.2, 0) is 0 Å². The van der Waals surface area contributed by atoms with Gasteiger partial charge in [0, 0.05) is 5.69 Å². The first kappa shape index (κ1) is 13.1. The predicted molar refractivity (Wildman–Crippen MR) is 72.2 cm³/mol. The van der Waals surface area contributed by atoms with Crippen LogP contribution < -0.4 is 10.1 Å². The number of methoxy groups -OCH3 is 1. The zero-order chi connectivity index (χ0) is 13.8. The van der Waals surface area contributed by atoms with Crippen molar-refractivity contribution in [1.82, 2.24) is 4.98 Å². The highest BCUT2D eigenvalue weighted by Crippen LogP contribution is 2.24. The number of benzene rings is 1. The van der Waals surface area contributed by atoms with E-state index in [0.717, 1.165) is 11.4 Å². The number of nitrogens with zero attached hydrogens (tertiary/aromatic N) is 2. The van der Waals surface area contributed by atoms with Crippen molar-refractivity contribution in [2.75, 3.05) is 12.4 Å². The fourth-order valence-corrected chi connectivity index (χ4v) is 1.68. The highest BCUT2D eigenvalue weighted by Gasteiger charge is 2.10. The lowest BCUT2D eigenvalue weighted by Gasteiger charge is -2.06. The van der Waals surface area contributed by atoms with Gasteiger partial charge in [-0.25, -0.2) is 4.98 Å². The molecule has 19 heavy (non-hydrogen) atoms. The summed E-state index contributed by atoms with van der Waals surface area (Å²) in [7, 11) is 1.57. The van der Waals surface area contributed by atoms with Gasteiger partial charge < -0.3 is 10.1 Å². The van der Waals surface area contributed by atoms with E-state index in [1.54, 1.807) is 31.4 Å². The molecule has 0 radical (unpaired) electrons. The van der Waals surface area contributed by atoms with E-state index in [-0.39, 0.29) is 10.8 Å². The second-order valence-electron chi connectivity index (χ2n) is 3.64. The molecule has 0 atom stereocenters. The van der Waals surface area contributed by atoms with Crippen LogP contribution in [0, 0.1) is 10.1 Å². The molecule has 0 saturated heterocycles. The Kier molecular flexibility index (Phi) is 3.82. The Bertz CT molecular complexity index is 602. The van der Waals surface area contributed by atoms with Crippen molar-refractivity contribution < 1.29 is 9.66 Å². The molecule has 2 rings (SSSR count). The number of aromatic nitrogens is 1. The van der Waals surface area contributed by atoms with Crippen molar-refractivity contribution >= 4 is 28.8 Å². The Morgan fingerprint density at radius 1 is 1.32 bits per heavy atom. The van der Waals surface area contributed by atoms with Crippen LogP contribution >= 0.6 is 11.6 Å². The molecule has 0 spiro atoms. The summed E-state index contributed by atoms with van der Waals surface area (Å²) in [5.41, 5.74) is 0.612. The third-order valence-corrected chi connectivity index (χ3v) is 2.55. The summed E-state index contributed by atoms with van der Waals surface area (Å²) in [5, 5.41) is 13.7. The second-order valence-corrected chi connectivity index (χ2v) is 4.03. The Hall–Kier alpha value is -2.34. The van der Waals surface area contributed by atoms with Crippen molar-refractivity contribution in [3.8, 4) is 5.75 Å². The molecule has 7 heteroatoms. The Labute approximate surface area is 114 Å². The molecule has 1 heterocycles. The summed E-state index contributed by atoms with van der Waals surface area (Å²) >= 11 is 5.73. The minimum atomic E-state index is -0.521. The van der Waals surface area contributed by atoms with E-state index >= 15 is 0 Å². The molecule has 1 N–H and O–H groups in total. The summed E-state index contributed by atoms with van der Waals surface area (Å²) in [6, 6.07) is 9.58. The molecule has 0 aliphatic heterocycles. The number of anilines is 2. The summed E-state index contributed by atoms with van der Waals surface area (Å²) < 4.78 is 5.04. The molecule has 0 unspecified atom stereocenters. The predicted octanol–water partition coefficient (Wildman–Crippen LogP) is 3.40. The molecule has 0 fully saturated rings. The number of halogens is 1. The molecule has 1 aromatic heterocycles. The zero-order valence-corrected chi connectivity index (χ0v) is 10.7. The molecule has 2 aromatic rings. The third-order valence-electron chi connectivity index (χ3n) is 2.35. The minimum absolute atomic E-state index is 0.0604. The first-order valence-corrected chi connectivity index (χ1v) is 5.69. The van der Waals surface area contributed by atoms with Gasteiger partial charge in [0.15, 0.2) is 0 Å². The van der Waals surface area contributed by atoms with E-state index in [1.165, 1.54) is 12.1 Å². The number of nitro groups is 1. The standard InChI is InChI=1S/C12H10ClN3O3/c1-19-10-4-2-8(3-5-10)14-12-7-9(16(17)18)6-11(13)15-12/h2-7H,1H3,(H,14,15). The first-order valence-electron chi connectivity index (χ1n) is 5.31. The van der Waals surface area contributed by atoms with Crippen LogP contribution in [0.4, 0.5) is 17.2 Å². The van der Waals surface area contributed by atoms with Gasteiger partial charge in [-0.15, -0.1) is 0 Å². The van der Waals surface area contributed by atoms with Crippen molar-refractivity contribution in [3.05, 3.63) is 51.7 Å². The van der Waals surface area contributed by atoms with Gasteiger partial charge in [-0.05, 0) is 24.3 Å². The fourth-order valence-electron chi connectivity index (χ4n) is 1.48. The highest BCUT2D eigenvalue weighted by molar-refractivity contribution is 6.29. The van der Waals surface area contributed by atoms with Gasteiger partial charge >= 0.3 is 0 Å². The van der Waals surface area contributed by atoms with E-state index in [1.807, 2.05) is 0 Å². The maximum Gasteiger partial charge on any atom is 0.276 e. The van der Waals surface area contributed by atoms with Crippen LogP contribution in [0.3, 0.4) is 0 Å². The largest absolute Gasteiger partial charge is 0.497 e. The lowest BCUT2D eigenvalue weighted by molar-refractivity contribution is -0.384. The van der Waals surface area contributed by atoms with E-state index in [9.17, 15) is 10.1 Å². The molecular formula is C12H10ClN3O3. The van der Waals surface area contributed by atoms with Crippen molar-refractivity contribution in [1.29, 1.82) is 0 Å². The molecule has 0 aliphatic rings. The smallest absolute Gasteiger partial charge is 0.276 e.